The largest absolute Gasteiger partial charge is 1.00 e. The minimum Gasteiger partial charge on any atom is -0.875 e. The minimum atomic E-state index is -0.491. The summed E-state index contributed by atoms with van der Waals surface area (Å²) < 4.78 is 0. The maximum atomic E-state index is 11.3. The van der Waals surface area contributed by atoms with Crippen LogP contribution in [0.4, 0.5) is 5.69 Å². The molecule has 0 bridgehead atoms. The van der Waals surface area contributed by atoms with Gasteiger partial charge < -0.3 is 20.4 Å². The van der Waals surface area contributed by atoms with Gasteiger partial charge in [0.1, 0.15) is 0 Å². The van der Waals surface area contributed by atoms with E-state index in [-0.39, 0.29) is 41.0 Å². The Bertz CT molecular complexity index is 653. The van der Waals surface area contributed by atoms with E-state index in [1.807, 2.05) is 0 Å². The quantitative estimate of drug-likeness (QED) is 0.304. The molecule has 0 atom stereocenters. The Hall–Kier alpha value is -1.50. The van der Waals surface area contributed by atoms with Crippen LogP contribution in [0, 0.1) is 0 Å². The predicted molar refractivity (Wildman–Crippen MR) is 61.3 cm³/mol. The number of hydrogen-bond donors (Lipinski definition) is 3. The molecule has 1 heterocycles. The summed E-state index contributed by atoms with van der Waals surface area (Å²) in [6, 6.07) is 4.91. The van der Waals surface area contributed by atoms with Crippen LogP contribution in [0.25, 0.3) is 11.0 Å². The normalized spacial score (nSPS) is 11.1. The number of imidazole rings is 1. The molecule has 0 aliphatic heterocycles. The van der Waals surface area contributed by atoms with Gasteiger partial charge in [0.05, 0.1) is 11.0 Å². The van der Waals surface area contributed by atoms with Gasteiger partial charge in [0, 0.05) is 5.69 Å². The molecule has 0 saturated heterocycles. The summed E-state index contributed by atoms with van der Waals surface area (Å²) >= 11 is 0. The van der Waals surface area contributed by atoms with E-state index < -0.39 is 5.91 Å². The van der Waals surface area contributed by atoms with Crippen LogP contribution >= 0.6 is 0 Å². The van der Waals surface area contributed by atoms with Crippen LogP contribution in [-0.4, -0.2) is 15.9 Å². The van der Waals surface area contributed by atoms with Gasteiger partial charge in [0.15, 0.2) is 0 Å². The molecule has 0 unspecified atom stereocenters. The number of fused-ring (bicyclic) bond motifs is 1. The van der Waals surface area contributed by atoms with Gasteiger partial charge in [-0.2, -0.15) is 0 Å². The SMILES string of the molecule is C/C([O-])=C/C(=O)Nc1ccc2[nH]c(=O)[nH]c2c1.[Na+]. The minimum absolute atomic E-state index is 0. The third-order valence-corrected chi connectivity index (χ3v) is 2.12. The number of allylic oxidation sites excluding steroid dienone is 1. The van der Waals surface area contributed by atoms with Crippen molar-refractivity contribution in [2.45, 2.75) is 6.92 Å². The van der Waals surface area contributed by atoms with Crippen LogP contribution in [0.1, 0.15) is 6.92 Å². The van der Waals surface area contributed by atoms with Crippen molar-refractivity contribution in [2.24, 2.45) is 0 Å². The maximum absolute atomic E-state index is 11.3. The number of hydrogen-bond acceptors (Lipinski definition) is 3. The Morgan fingerprint density at radius 3 is 2.67 bits per heavy atom. The van der Waals surface area contributed by atoms with Crippen LogP contribution in [0.2, 0.25) is 0 Å². The van der Waals surface area contributed by atoms with Gasteiger partial charge in [-0.15, -0.1) is 5.76 Å². The van der Waals surface area contributed by atoms with E-state index in [9.17, 15) is 14.7 Å². The van der Waals surface area contributed by atoms with Crippen LogP contribution in [0.5, 0.6) is 0 Å². The van der Waals surface area contributed by atoms with Crippen molar-refractivity contribution in [2.75, 3.05) is 5.32 Å². The molecule has 0 saturated carbocycles. The smallest absolute Gasteiger partial charge is 0.875 e. The van der Waals surface area contributed by atoms with Gasteiger partial charge in [-0.1, -0.05) is 6.92 Å². The zero-order valence-electron chi connectivity index (χ0n) is 10.0. The van der Waals surface area contributed by atoms with Crippen molar-refractivity contribution in [1.29, 1.82) is 0 Å². The Kier molecular flexibility index (Phi) is 4.77. The van der Waals surface area contributed by atoms with Crippen molar-refractivity contribution in [3.05, 3.63) is 40.5 Å². The Labute approximate surface area is 124 Å². The molecular weight excluding hydrogens is 245 g/mol. The number of aromatic amines is 2. The van der Waals surface area contributed by atoms with E-state index in [1.54, 1.807) is 18.2 Å². The van der Waals surface area contributed by atoms with Crippen molar-refractivity contribution >= 4 is 22.6 Å². The second-order valence-electron chi connectivity index (χ2n) is 3.58. The monoisotopic (exact) mass is 255 g/mol. The number of benzene rings is 1. The zero-order chi connectivity index (χ0) is 12.4. The fourth-order valence-electron chi connectivity index (χ4n) is 1.47. The fraction of sp³-hybridized carbons (Fsp3) is 0.0909. The number of carbonyl (C=O) groups is 1. The summed E-state index contributed by atoms with van der Waals surface area (Å²) in [5.74, 6) is -0.812. The first kappa shape index (κ1) is 14.6. The van der Waals surface area contributed by atoms with E-state index >= 15 is 0 Å². The Morgan fingerprint density at radius 2 is 2.00 bits per heavy atom. The van der Waals surface area contributed by atoms with Crippen molar-refractivity contribution in [1.82, 2.24) is 9.97 Å². The first-order valence-corrected chi connectivity index (χ1v) is 4.93. The summed E-state index contributed by atoms with van der Waals surface area (Å²) in [7, 11) is 0. The summed E-state index contributed by atoms with van der Waals surface area (Å²) in [5, 5.41) is 13.2. The van der Waals surface area contributed by atoms with Gasteiger partial charge in [-0.3, -0.25) is 4.79 Å². The van der Waals surface area contributed by atoms with Crippen molar-refractivity contribution < 1.29 is 39.5 Å². The third-order valence-electron chi connectivity index (χ3n) is 2.12. The van der Waals surface area contributed by atoms with Gasteiger partial charge >= 0.3 is 35.2 Å². The summed E-state index contributed by atoms with van der Waals surface area (Å²) in [5.41, 5.74) is 1.45. The van der Waals surface area contributed by atoms with Gasteiger partial charge in [-0.25, -0.2) is 4.79 Å². The molecule has 0 fully saturated rings. The molecule has 7 heteroatoms. The molecule has 0 radical (unpaired) electrons. The number of carbonyl (C=O) groups excluding carboxylic acids is 1. The number of H-pyrrole nitrogens is 2. The van der Waals surface area contributed by atoms with Crippen LogP contribution in [0.3, 0.4) is 0 Å². The van der Waals surface area contributed by atoms with Crippen LogP contribution < -0.4 is 45.7 Å². The molecule has 1 aromatic carbocycles. The summed E-state index contributed by atoms with van der Waals surface area (Å²) in [4.78, 5) is 27.5. The maximum Gasteiger partial charge on any atom is 1.00 e. The summed E-state index contributed by atoms with van der Waals surface area (Å²) in [6.07, 6.45) is 0.962. The molecule has 18 heavy (non-hydrogen) atoms. The van der Waals surface area contributed by atoms with E-state index in [1.165, 1.54) is 6.92 Å². The Morgan fingerprint density at radius 1 is 1.33 bits per heavy atom. The second kappa shape index (κ2) is 5.90. The topological polar surface area (TPSA) is 101 Å². The van der Waals surface area contributed by atoms with E-state index in [4.69, 9.17) is 0 Å². The Balaban J connectivity index is 0.00000162. The molecule has 2 rings (SSSR count). The number of rotatable bonds is 2. The molecule has 88 valence electrons. The number of aromatic nitrogens is 2. The standard InChI is InChI=1S/C11H11N3O3.Na/c1-6(15)4-10(16)12-7-2-3-8-9(5-7)14-11(17)13-8;/h2-5,15H,1H3,(H,12,16)(H2,13,14,17);/q;+1/p-1/b6-4-;. The average molecular weight is 255 g/mol. The van der Waals surface area contributed by atoms with Crippen LogP contribution in [0.15, 0.2) is 34.8 Å². The fourth-order valence-corrected chi connectivity index (χ4v) is 1.47. The van der Waals surface area contributed by atoms with Crippen molar-refractivity contribution in [3.63, 3.8) is 0 Å². The molecule has 0 spiro atoms. The molecule has 0 aliphatic carbocycles. The molecule has 1 amide bonds. The first-order valence-electron chi connectivity index (χ1n) is 4.93. The number of nitrogens with one attached hydrogen (secondary N) is 3. The second-order valence-corrected chi connectivity index (χ2v) is 3.58. The van der Waals surface area contributed by atoms with E-state index in [0.717, 1.165) is 6.08 Å². The van der Waals surface area contributed by atoms with Gasteiger partial charge in [-0.05, 0) is 24.3 Å². The van der Waals surface area contributed by atoms with E-state index in [0.29, 0.717) is 16.7 Å². The number of amides is 1. The average Bonchev–Trinajstić information content (AvgIpc) is 2.55. The predicted octanol–water partition coefficient (Wildman–Crippen LogP) is -2.94. The molecule has 1 aromatic heterocycles. The molecule has 2 aromatic rings. The molecule has 0 aliphatic rings. The zero-order valence-corrected chi connectivity index (χ0v) is 12.0. The number of anilines is 1. The first-order chi connectivity index (χ1) is 8.04. The molecule has 6 nitrogen and oxygen atoms in total. The van der Waals surface area contributed by atoms with E-state index in [2.05, 4.69) is 15.3 Å². The van der Waals surface area contributed by atoms with Crippen molar-refractivity contribution in [3.8, 4) is 0 Å². The molecular formula is C11H10N3NaO3. The van der Waals surface area contributed by atoms with Gasteiger partial charge in [0.2, 0.25) is 5.91 Å². The van der Waals surface area contributed by atoms with Gasteiger partial charge in [0.25, 0.3) is 0 Å². The third kappa shape index (κ3) is 3.49. The van der Waals surface area contributed by atoms with Crippen LogP contribution in [-0.2, 0) is 4.79 Å². The molecule has 3 N–H and O–H groups in total. The summed E-state index contributed by atoms with van der Waals surface area (Å²) in [6.45, 7) is 1.30.